The van der Waals surface area contributed by atoms with E-state index in [9.17, 15) is 0 Å². The van der Waals surface area contributed by atoms with Gasteiger partial charge < -0.3 is 13.8 Å². The highest BCUT2D eigenvalue weighted by Gasteiger charge is 2.46. The van der Waals surface area contributed by atoms with Crippen molar-refractivity contribution in [3.63, 3.8) is 0 Å². The lowest BCUT2D eigenvalue weighted by atomic mass is 9.43. The summed E-state index contributed by atoms with van der Waals surface area (Å²) in [6.45, 7) is 18.6. The number of thiophene rings is 1. The summed E-state index contributed by atoms with van der Waals surface area (Å²) in [6.07, 6.45) is 0. The molecule has 308 valence electrons. The van der Waals surface area contributed by atoms with E-state index in [2.05, 4.69) is 204 Å². The van der Waals surface area contributed by atoms with Crippen LogP contribution in [0.25, 0.3) is 91.9 Å². The van der Waals surface area contributed by atoms with Crippen LogP contribution in [0.1, 0.15) is 77.6 Å². The quantitative estimate of drug-likeness (QED) is 0.154. The molecule has 11 aromatic rings. The Hall–Kier alpha value is -6.56. The smallest absolute Gasteiger partial charge is 0.333 e. The van der Waals surface area contributed by atoms with Crippen LogP contribution in [0.5, 0.6) is 0 Å². The van der Waals surface area contributed by atoms with Gasteiger partial charge in [0.15, 0.2) is 0 Å². The van der Waals surface area contributed by atoms with Gasteiger partial charge in [0.1, 0.15) is 11.2 Å². The normalized spacial score (nSPS) is 14.9. The Morgan fingerprint density at radius 2 is 1.28 bits per heavy atom. The molecule has 8 aromatic carbocycles. The largest absolute Gasteiger partial charge is 0.456 e. The maximum atomic E-state index is 6.60. The summed E-state index contributed by atoms with van der Waals surface area (Å²) in [7, 11) is 0. The van der Waals surface area contributed by atoms with Crippen molar-refractivity contribution >= 4 is 104 Å². The molecular formula is C59H47BN2OS. The predicted molar refractivity (Wildman–Crippen MR) is 275 cm³/mol. The van der Waals surface area contributed by atoms with E-state index < -0.39 is 0 Å². The molecule has 0 atom stereocenters. The number of furan rings is 1. The predicted octanol–water partition coefficient (Wildman–Crippen LogP) is 15.2. The molecule has 0 unspecified atom stereocenters. The second kappa shape index (κ2) is 12.0. The molecular weight excluding hydrogens is 796 g/mol. The van der Waals surface area contributed by atoms with E-state index >= 15 is 0 Å². The van der Waals surface area contributed by atoms with Gasteiger partial charge >= 0.3 is 6.85 Å². The molecule has 3 nitrogen and oxygen atoms in total. The van der Waals surface area contributed by atoms with Crippen LogP contribution < -0.4 is 15.7 Å². The minimum absolute atomic E-state index is 0.0357. The fourth-order valence-corrected chi connectivity index (χ4v) is 13.1. The van der Waals surface area contributed by atoms with Crippen molar-refractivity contribution in [2.75, 3.05) is 4.81 Å². The number of anilines is 2. The molecule has 0 amide bonds. The van der Waals surface area contributed by atoms with Gasteiger partial charge in [-0.1, -0.05) is 134 Å². The minimum atomic E-state index is -0.152. The first-order valence-corrected chi connectivity index (χ1v) is 23.7. The Balaban J connectivity index is 1.16. The Morgan fingerprint density at radius 3 is 2.09 bits per heavy atom. The van der Waals surface area contributed by atoms with Crippen molar-refractivity contribution in [1.82, 2.24) is 4.57 Å². The van der Waals surface area contributed by atoms with Gasteiger partial charge in [-0.2, -0.15) is 0 Å². The maximum Gasteiger partial charge on any atom is 0.333 e. The van der Waals surface area contributed by atoms with Crippen LogP contribution in [0.15, 0.2) is 144 Å². The van der Waals surface area contributed by atoms with Crippen LogP contribution in [0.4, 0.5) is 11.4 Å². The van der Waals surface area contributed by atoms with E-state index in [1.54, 1.807) is 0 Å². The van der Waals surface area contributed by atoms with Gasteiger partial charge in [0.05, 0.1) is 11.0 Å². The highest BCUT2D eigenvalue weighted by Crippen LogP contribution is 2.53. The van der Waals surface area contributed by atoms with Crippen molar-refractivity contribution in [1.29, 1.82) is 0 Å². The first-order chi connectivity index (χ1) is 30.8. The molecule has 3 aromatic heterocycles. The molecule has 14 rings (SSSR count). The van der Waals surface area contributed by atoms with E-state index in [0.717, 1.165) is 16.6 Å². The van der Waals surface area contributed by atoms with Crippen molar-refractivity contribution in [2.24, 2.45) is 0 Å². The summed E-state index contributed by atoms with van der Waals surface area (Å²) in [4.78, 5) is 2.70. The fourth-order valence-electron chi connectivity index (χ4n) is 12.0. The number of hydrogen-bond donors (Lipinski definition) is 0. The molecule has 0 radical (unpaired) electrons. The Labute approximate surface area is 377 Å². The average Bonchev–Trinajstić information content (AvgIpc) is 4.00. The Morgan fingerprint density at radius 1 is 0.531 bits per heavy atom. The second-order valence-electron chi connectivity index (χ2n) is 21.3. The van der Waals surface area contributed by atoms with Crippen LogP contribution in [0, 0.1) is 0 Å². The molecule has 0 saturated heterocycles. The molecule has 0 saturated carbocycles. The zero-order valence-electron chi connectivity index (χ0n) is 37.6. The first kappa shape index (κ1) is 36.9. The summed E-state index contributed by atoms with van der Waals surface area (Å²) in [5.41, 5.74) is 21.5. The number of para-hydroxylation sites is 1. The number of benzene rings is 8. The molecule has 5 heterocycles. The average molecular weight is 843 g/mol. The van der Waals surface area contributed by atoms with E-state index in [4.69, 9.17) is 4.42 Å². The van der Waals surface area contributed by atoms with Crippen molar-refractivity contribution < 1.29 is 4.42 Å². The lowest BCUT2D eigenvalue weighted by Crippen LogP contribution is -2.60. The molecule has 5 heteroatoms. The maximum absolute atomic E-state index is 6.60. The molecule has 64 heavy (non-hydrogen) atoms. The molecule has 0 spiro atoms. The lowest BCUT2D eigenvalue weighted by molar-refractivity contribution is 0.590. The topological polar surface area (TPSA) is 21.3 Å². The van der Waals surface area contributed by atoms with Crippen LogP contribution in [-0.2, 0) is 16.2 Å². The second-order valence-corrected chi connectivity index (χ2v) is 22.4. The SMILES string of the molecule is CC(C)(C)c1ccc(N2B3c4cc5c(cc4-n4c6ccc7oc8ccccc8c7c6c6ccc(c3c64)-c3cc4c(cc32)sc2ccc(C(C)(C)C)cc24)C(C)(C)c2ccccc2-5)cc1. The van der Waals surface area contributed by atoms with Crippen molar-refractivity contribution in [3.05, 3.63) is 162 Å². The summed E-state index contributed by atoms with van der Waals surface area (Å²) in [5, 5.41) is 7.56. The number of hydrogen-bond acceptors (Lipinski definition) is 3. The van der Waals surface area contributed by atoms with Gasteiger partial charge in [-0.15, -0.1) is 11.3 Å². The number of nitrogens with zero attached hydrogens (tertiary/aromatic N) is 2. The van der Waals surface area contributed by atoms with E-state index in [0.29, 0.717) is 0 Å². The summed E-state index contributed by atoms with van der Waals surface area (Å²) in [5.74, 6) is 0. The van der Waals surface area contributed by atoms with Crippen molar-refractivity contribution in [3.8, 4) is 27.9 Å². The van der Waals surface area contributed by atoms with Gasteiger partial charge in [-0.3, -0.25) is 0 Å². The summed E-state index contributed by atoms with van der Waals surface area (Å²) < 4.78 is 11.9. The van der Waals surface area contributed by atoms with Crippen molar-refractivity contribution in [2.45, 2.75) is 71.6 Å². The summed E-state index contributed by atoms with van der Waals surface area (Å²) >= 11 is 1.92. The monoisotopic (exact) mass is 842 g/mol. The molecule has 3 aliphatic rings. The van der Waals surface area contributed by atoms with Gasteiger partial charge in [0.25, 0.3) is 0 Å². The Bertz CT molecular complexity index is 3900. The van der Waals surface area contributed by atoms with Crippen LogP contribution in [-0.4, -0.2) is 11.4 Å². The zero-order chi connectivity index (χ0) is 43.3. The van der Waals surface area contributed by atoms with Crippen LogP contribution in [0.3, 0.4) is 0 Å². The van der Waals surface area contributed by atoms with E-state index in [1.807, 2.05) is 11.3 Å². The third kappa shape index (κ3) is 4.63. The molecule has 0 N–H and O–H groups in total. The summed E-state index contributed by atoms with van der Waals surface area (Å²) in [6, 6.07) is 53.9. The zero-order valence-corrected chi connectivity index (χ0v) is 38.4. The van der Waals surface area contributed by atoms with Gasteiger partial charge in [-0.05, 0) is 121 Å². The van der Waals surface area contributed by atoms with Gasteiger partial charge in [0.2, 0.25) is 0 Å². The lowest BCUT2D eigenvalue weighted by Gasteiger charge is -2.42. The Kier molecular flexibility index (Phi) is 6.89. The fraction of sp³-hybridized carbons (Fsp3) is 0.186. The highest BCUT2D eigenvalue weighted by molar-refractivity contribution is 7.25. The molecule has 0 fully saturated rings. The molecule has 1 aliphatic carbocycles. The minimum Gasteiger partial charge on any atom is -0.456 e. The molecule has 2 aliphatic heterocycles. The highest BCUT2D eigenvalue weighted by atomic mass is 32.1. The third-order valence-electron chi connectivity index (χ3n) is 15.3. The van der Waals surface area contributed by atoms with Gasteiger partial charge in [-0.25, -0.2) is 0 Å². The third-order valence-corrected chi connectivity index (χ3v) is 16.4. The standard InChI is InChI=1S/C59H47BN2OS/c1-57(2,3)32-17-20-34(21-18-32)62-47-31-52-42(41-27-33(58(4,5)6)19-26-51(41)64-52)28-40(47)36-22-23-38-53-46(24-25-50-54(53)37-14-10-12-16-49(37)63-50)61-48-30-44-39(29-45(48)60(62)55(36)56(38)61)35-13-9-11-15-43(35)59(44,7)8/h9-31H,1-8H3. The van der Waals surface area contributed by atoms with Crippen LogP contribution in [0.2, 0.25) is 0 Å². The number of fused-ring (bicyclic) bond motifs is 18. The first-order valence-electron chi connectivity index (χ1n) is 22.9. The number of aromatic nitrogens is 1. The van der Waals surface area contributed by atoms with E-state index in [-0.39, 0.29) is 23.1 Å². The number of rotatable bonds is 1. The van der Waals surface area contributed by atoms with Crippen LogP contribution >= 0.6 is 11.3 Å². The van der Waals surface area contributed by atoms with Gasteiger partial charge in [0, 0.05) is 69.8 Å². The van der Waals surface area contributed by atoms with E-state index in [1.165, 1.54) is 120 Å². The molecule has 0 bridgehead atoms.